The summed E-state index contributed by atoms with van der Waals surface area (Å²) in [4.78, 5) is 5.19. The molecular formula is C12H13ClFN3S. The second kappa shape index (κ2) is 5.75. The number of hydrazine groups is 1. The molecule has 0 aliphatic carbocycles. The van der Waals surface area contributed by atoms with Crippen LogP contribution in [0.15, 0.2) is 24.4 Å². The molecule has 3 nitrogen and oxygen atoms in total. The summed E-state index contributed by atoms with van der Waals surface area (Å²) in [6.07, 6.45) is 2.30. The van der Waals surface area contributed by atoms with Crippen LogP contribution in [0.5, 0.6) is 0 Å². The highest BCUT2D eigenvalue weighted by atomic mass is 35.5. The van der Waals surface area contributed by atoms with E-state index in [1.165, 1.54) is 6.07 Å². The predicted molar refractivity (Wildman–Crippen MR) is 72.0 cm³/mol. The van der Waals surface area contributed by atoms with Crippen molar-refractivity contribution in [2.45, 2.75) is 19.4 Å². The van der Waals surface area contributed by atoms with Gasteiger partial charge in [0.2, 0.25) is 0 Å². The molecule has 6 heteroatoms. The molecule has 18 heavy (non-hydrogen) atoms. The number of rotatable bonds is 4. The topological polar surface area (TPSA) is 50.9 Å². The van der Waals surface area contributed by atoms with Gasteiger partial charge in [0, 0.05) is 11.1 Å². The first-order valence-corrected chi connectivity index (χ1v) is 6.62. The minimum Gasteiger partial charge on any atom is -0.271 e. The minimum absolute atomic E-state index is 0.115. The summed E-state index contributed by atoms with van der Waals surface area (Å²) in [5, 5.41) is 1.12. The number of nitrogens with one attached hydrogen (secondary N) is 1. The zero-order chi connectivity index (χ0) is 13.1. The van der Waals surface area contributed by atoms with Gasteiger partial charge in [0.1, 0.15) is 5.82 Å². The lowest BCUT2D eigenvalue weighted by Gasteiger charge is -2.14. The number of benzene rings is 1. The highest BCUT2D eigenvalue weighted by Gasteiger charge is 2.16. The zero-order valence-electron chi connectivity index (χ0n) is 9.78. The summed E-state index contributed by atoms with van der Waals surface area (Å²) >= 11 is 7.49. The molecule has 0 fully saturated rings. The molecule has 2 rings (SSSR count). The highest BCUT2D eigenvalue weighted by molar-refractivity contribution is 7.11. The van der Waals surface area contributed by atoms with Crippen molar-refractivity contribution in [2.75, 3.05) is 0 Å². The van der Waals surface area contributed by atoms with Crippen LogP contribution >= 0.6 is 22.9 Å². The van der Waals surface area contributed by atoms with Gasteiger partial charge in [-0.1, -0.05) is 23.7 Å². The third-order valence-electron chi connectivity index (χ3n) is 2.64. The monoisotopic (exact) mass is 285 g/mol. The van der Waals surface area contributed by atoms with Gasteiger partial charge in [-0.2, -0.15) is 0 Å². The Hall–Kier alpha value is -1.01. The minimum atomic E-state index is -0.412. The quantitative estimate of drug-likeness (QED) is 0.671. The Morgan fingerprint density at radius 1 is 1.56 bits per heavy atom. The van der Waals surface area contributed by atoms with Crippen LogP contribution in [-0.2, 0) is 6.42 Å². The number of aromatic nitrogens is 1. The average Bonchev–Trinajstić information content (AvgIpc) is 2.78. The molecule has 0 saturated heterocycles. The fourth-order valence-corrected chi connectivity index (χ4v) is 2.76. The maximum Gasteiger partial charge on any atom is 0.142 e. The molecule has 3 N–H and O–H groups in total. The molecule has 0 saturated carbocycles. The number of thiazole rings is 1. The summed E-state index contributed by atoms with van der Waals surface area (Å²) < 4.78 is 13.3. The second-order valence-corrected chi connectivity index (χ2v) is 5.56. The third kappa shape index (κ3) is 2.87. The first-order chi connectivity index (χ1) is 8.61. The first-order valence-electron chi connectivity index (χ1n) is 5.43. The van der Waals surface area contributed by atoms with Crippen molar-refractivity contribution in [1.82, 2.24) is 10.4 Å². The van der Waals surface area contributed by atoms with Gasteiger partial charge in [0.05, 0.1) is 16.1 Å². The molecule has 0 bridgehead atoms. The van der Waals surface area contributed by atoms with E-state index in [9.17, 15) is 4.39 Å². The van der Waals surface area contributed by atoms with E-state index < -0.39 is 5.82 Å². The molecule has 1 heterocycles. The smallest absolute Gasteiger partial charge is 0.142 e. The van der Waals surface area contributed by atoms with Gasteiger partial charge in [-0.15, -0.1) is 11.3 Å². The van der Waals surface area contributed by atoms with Gasteiger partial charge in [0.15, 0.2) is 0 Å². The average molecular weight is 286 g/mol. The van der Waals surface area contributed by atoms with Crippen LogP contribution in [0.3, 0.4) is 0 Å². The molecule has 0 aliphatic rings. The summed E-state index contributed by atoms with van der Waals surface area (Å²) in [5.74, 6) is 5.13. The van der Waals surface area contributed by atoms with Gasteiger partial charge in [-0.25, -0.2) is 9.37 Å². The van der Waals surface area contributed by atoms with E-state index in [1.54, 1.807) is 29.7 Å². The molecule has 96 valence electrons. The Kier molecular flexibility index (Phi) is 4.29. The summed E-state index contributed by atoms with van der Waals surface area (Å²) in [6, 6.07) is 4.66. The Labute approximate surface area is 114 Å². The number of nitrogens with two attached hydrogens (primary N) is 1. The van der Waals surface area contributed by atoms with Crippen LogP contribution in [-0.4, -0.2) is 4.98 Å². The number of hydrogen-bond donors (Lipinski definition) is 2. The molecule has 1 aromatic carbocycles. The Morgan fingerprint density at radius 2 is 2.33 bits per heavy atom. The van der Waals surface area contributed by atoms with Crippen LogP contribution < -0.4 is 11.3 Å². The van der Waals surface area contributed by atoms with Crippen molar-refractivity contribution in [3.8, 4) is 0 Å². The Bertz CT molecular complexity index is 544. The van der Waals surface area contributed by atoms with E-state index in [1.807, 2.05) is 6.92 Å². The lowest BCUT2D eigenvalue weighted by molar-refractivity contribution is 0.556. The summed E-state index contributed by atoms with van der Waals surface area (Å²) in [6.45, 7) is 1.93. The van der Waals surface area contributed by atoms with E-state index in [2.05, 4.69) is 10.4 Å². The van der Waals surface area contributed by atoms with Crippen molar-refractivity contribution in [2.24, 2.45) is 5.84 Å². The number of aryl methyl sites for hydroxylation is 1. The van der Waals surface area contributed by atoms with Gasteiger partial charge in [-0.05, 0) is 25.0 Å². The maximum atomic E-state index is 13.3. The molecular weight excluding hydrogens is 273 g/mol. The van der Waals surface area contributed by atoms with Gasteiger partial charge >= 0.3 is 0 Å². The van der Waals surface area contributed by atoms with Crippen molar-refractivity contribution in [3.05, 3.63) is 50.7 Å². The summed E-state index contributed by atoms with van der Waals surface area (Å²) in [5.41, 5.74) is 3.44. The molecule has 1 atom stereocenters. The van der Waals surface area contributed by atoms with Crippen LogP contribution in [0.25, 0.3) is 0 Å². The maximum absolute atomic E-state index is 13.3. The largest absolute Gasteiger partial charge is 0.271 e. The second-order valence-electron chi connectivity index (χ2n) is 3.92. The standard InChI is InChI=1S/C12H13ClFN3S/c1-7-16-6-11(18-7)10(17-15)5-8-3-2-4-9(14)12(8)13/h2-4,6,10,17H,5,15H2,1H3. The van der Waals surface area contributed by atoms with Crippen molar-refractivity contribution < 1.29 is 4.39 Å². The van der Waals surface area contributed by atoms with Gasteiger partial charge < -0.3 is 0 Å². The molecule has 0 spiro atoms. The van der Waals surface area contributed by atoms with Crippen LogP contribution in [0.4, 0.5) is 4.39 Å². The third-order valence-corrected chi connectivity index (χ3v) is 4.09. The number of hydrogen-bond acceptors (Lipinski definition) is 4. The normalized spacial score (nSPS) is 12.7. The predicted octanol–water partition coefficient (Wildman–Crippen LogP) is 2.99. The molecule has 1 aromatic heterocycles. The van der Waals surface area contributed by atoms with E-state index in [-0.39, 0.29) is 11.1 Å². The molecule has 0 aliphatic heterocycles. The van der Waals surface area contributed by atoms with E-state index >= 15 is 0 Å². The van der Waals surface area contributed by atoms with Crippen LogP contribution in [0.1, 0.15) is 21.5 Å². The Morgan fingerprint density at radius 3 is 2.94 bits per heavy atom. The van der Waals surface area contributed by atoms with Gasteiger partial charge in [-0.3, -0.25) is 11.3 Å². The van der Waals surface area contributed by atoms with Crippen molar-refractivity contribution in [1.29, 1.82) is 0 Å². The van der Waals surface area contributed by atoms with Crippen LogP contribution in [0, 0.1) is 12.7 Å². The van der Waals surface area contributed by atoms with E-state index in [0.717, 1.165) is 15.4 Å². The van der Waals surface area contributed by atoms with E-state index in [4.69, 9.17) is 17.4 Å². The van der Waals surface area contributed by atoms with E-state index in [0.29, 0.717) is 6.42 Å². The molecule has 0 radical (unpaired) electrons. The van der Waals surface area contributed by atoms with Crippen molar-refractivity contribution in [3.63, 3.8) is 0 Å². The lowest BCUT2D eigenvalue weighted by Crippen LogP contribution is -2.29. The molecule has 1 unspecified atom stereocenters. The van der Waals surface area contributed by atoms with Crippen LogP contribution in [0.2, 0.25) is 5.02 Å². The SMILES string of the molecule is Cc1ncc(C(Cc2cccc(F)c2Cl)NN)s1. The van der Waals surface area contributed by atoms with Crippen molar-refractivity contribution >= 4 is 22.9 Å². The van der Waals surface area contributed by atoms with Gasteiger partial charge in [0.25, 0.3) is 0 Å². The highest BCUT2D eigenvalue weighted by Crippen LogP contribution is 2.27. The summed E-state index contributed by atoms with van der Waals surface area (Å²) in [7, 11) is 0. The lowest BCUT2D eigenvalue weighted by atomic mass is 10.1. The molecule has 2 aromatic rings. The zero-order valence-corrected chi connectivity index (χ0v) is 11.4. The Balaban J connectivity index is 2.23. The molecule has 0 amide bonds. The first kappa shape index (κ1) is 13.4. The fourth-order valence-electron chi connectivity index (χ4n) is 1.71. The number of halogens is 2. The fraction of sp³-hybridized carbons (Fsp3) is 0.250. The number of nitrogens with zero attached hydrogens (tertiary/aromatic N) is 1.